The molecule has 2 N–H and O–H groups in total. The van der Waals surface area contributed by atoms with Gasteiger partial charge in [0.25, 0.3) is 0 Å². The quantitative estimate of drug-likeness (QED) is 0.729. The predicted octanol–water partition coefficient (Wildman–Crippen LogP) is 3.28. The molecular weight excluding hydrogens is 336 g/mol. The van der Waals surface area contributed by atoms with E-state index in [0.717, 1.165) is 53.8 Å². The van der Waals surface area contributed by atoms with E-state index in [4.69, 9.17) is 4.98 Å². The first-order chi connectivity index (χ1) is 13.2. The summed E-state index contributed by atoms with van der Waals surface area (Å²) in [6, 6.07) is 12.5. The fourth-order valence-electron chi connectivity index (χ4n) is 3.71. The Hall–Kier alpha value is -2.73. The number of anilines is 1. The van der Waals surface area contributed by atoms with Crippen molar-refractivity contribution in [3.8, 4) is 11.3 Å². The Bertz CT molecular complexity index is 883. The Morgan fingerprint density at radius 1 is 1.19 bits per heavy atom. The van der Waals surface area contributed by atoms with Crippen molar-refractivity contribution in [2.75, 3.05) is 25.0 Å². The fraction of sp³-hybridized carbons (Fsp3) is 0.381. The van der Waals surface area contributed by atoms with E-state index in [1.807, 2.05) is 31.3 Å². The van der Waals surface area contributed by atoms with E-state index >= 15 is 0 Å². The lowest BCUT2D eigenvalue weighted by atomic mass is 9.96. The van der Waals surface area contributed by atoms with Gasteiger partial charge in [-0.2, -0.15) is 5.10 Å². The highest BCUT2D eigenvalue weighted by Gasteiger charge is 2.19. The van der Waals surface area contributed by atoms with Crippen molar-refractivity contribution in [1.82, 2.24) is 25.5 Å². The van der Waals surface area contributed by atoms with E-state index in [-0.39, 0.29) is 0 Å². The lowest BCUT2D eigenvalue weighted by Crippen LogP contribution is -2.29. The third kappa shape index (κ3) is 4.01. The van der Waals surface area contributed by atoms with Crippen molar-refractivity contribution in [2.45, 2.75) is 32.2 Å². The third-order valence-electron chi connectivity index (χ3n) is 5.14. The minimum absolute atomic E-state index is 0.474. The Morgan fingerprint density at radius 2 is 2.04 bits per heavy atom. The zero-order valence-corrected chi connectivity index (χ0v) is 15.9. The standard InChI is InChI=1S/C21H26N6/c1-15-24-19(17-9-6-10-22-12-17)11-20(25-15)27(2)14-18-13-23-26-21(18)16-7-4-3-5-8-16/h3-5,7-8,11,13,17,22H,6,9-10,12,14H2,1-2H3,(H,23,26)/t17-/m1/s1. The van der Waals surface area contributed by atoms with Gasteiger partial charge in [-0.15, -0.1) is 0 Å². The number of benzene rings is 1. The topological polar surface area (TPSA) is 69.7 Å². The molecule has 0 unspecified atom stereocenters. The van der Waals surface area contributed by atoms with Gasteiger partial charge >= 0.3 is 0 Å². The summed E-state index contributed by atoms with van der Waals surface area (Å²) < 4.78 is 0. The van der Waals surface area contributed by atoms with Crippen molar-refractivity contribution in [1.29, 1.82) is 0 Å². The second-order valence-corrected chi connectivity index (χ2v) is 7.23. The Balaban J connectivity index is 1.56. The minimum atomic E-state index is 0.474. The number of hydrogen-bond acceptors (Lipinski definition) is 5. The molecule has 140 valence electrons. The van der Waals surface area contributed by atoms with E-state index in [2.05, 4.69) is 50.6 Å². The van der Waals surface area contributed by atoms with Crippen molar-refractivity contribution in [3.63, 3.8) is 0 Å². The summed E-state index contributed by atoms with van der Waals surface area (Å²) in [6.07, 6.45) is 4.29. The molecule has 0 bridgehead atoms. The zero-order chi connectivity index (χ0) is 18.6. The first kappa shape index (κ1) is 17.7. The van der Waals surface area contributed by atoms with Crippen LogP contribution >= 0.6 is 0 Å². The molecule has 4 rings (SSSR count). The zero-order valence-electron chi connectivity index (χ0n) is 15.9. The van der Waals surface area contributed by atoms with Gasteiger partial charge in [0.1, 0.15) is 11.6 Å². The lowest BCUT2D eigenvalue weighted by Gasteiger charge is -2.24. The maximum Gasteiger partial charge on any atom is 0.132 e. The van der Waals surface area contributed by atoms with Gasteiger partial charge in [-0.25, -0.2) is 9.97 Å². The molecular formula is C21H26N6. The van der Waals surface area contributed by atoms with E-state index in [9.17, 15) is 0 Å². The second kappa shape index (κ2) is 7.88. The summed E-state index contributed by atoms with van der Waals surface area (Å²) in [5.41, 5.74) is 4.50. The number of aromatic nitrogens is 4. The molecule has 6 heteroatoms. The van der Waals surface area contributed by atoms with Crippen LogP contribution in [0.1, 0.15) is 35.8 Å². The summed E-state index contributed by atoms with van der Waals surface area (Å²) in [5.74, 6) is 2.26. The molecule has 1 atom stereocenters. The highest BCUT2D eigenvalue weighted by atomic mass is 15.2. The smallest absolute Gasteiger partial charge is 0.132 e. The lowest BCUT2D eigenvalue weighted by molar-refractivity contribution is 0.453. The van der Waals surface area contributed by atoms with Crippen LogP contribution in [0.25, 0.3) is 11.3 Å². The first-order valence-electron chi connectivity index (χ1n) is 9.56. The van der Waals surface area contributed by atoms with E-state index in [0.29, 0.717) is 5.92 Å². The number of aromatic amines is 1. The van der Waals surface area contributed by atoms with Gasteiger partial charge in [-0.05, 0) is 31.9 Å². The normalized spacial score (nSPS) is 17.0. The molecule has 1 saturated heterocycles. The molecule has 1 aliphatic heterocycles. The molecule has 3 heterocycles. The molecule has 6 nitrogen and oxygen atoms in total. The average Bonchev–Trinajstić information content (AvgIpc) is 3.17. The molecule has 0 amide bonds. The molecule has 0 aliphatic carbocycles. The van der Waals surface area contributed by atoms with Crippen LogP contribution in [0.15, 0.2) is 42.6 Å². The number of aryl methyl sites for hydroxylation is 1. The van der Waals surface area contributed by atoms with Gasteiger partial charge in [0.15, 0.2) is 0 Å². The van der Waals surface area contributed by atoms with Crippen molar-refractivity contribution in [3.05, 3.63) is 59.7 Å². The highest BCUT2D eigenvalue weighted by molar-refractivity contribution is 5.63. The van der Waals surface area contributed by atoms with Crippen molar-refractivity contribution in [2.24, 2.45) is 0 Å². The van der Waals surface area contributed by atoms with Gasteiger partial charge in [0.05, 0.1) is 17.6 Å². The monoisotopic (exact) mass is 362 g/mol. The second-order valence-electron chi connectivity index (χ2n) is 7.23. The summed E-state index contributed by atoms with van der Waals surface area (Å²) in [4.78, 5) is 11.6. The molecule has 0 saturated carbocycles. The SMILES string of the molecule is Cc1nc([C@@H]2CCCNC2)cc(N(C)Cc2cn[nH]c2-c2ccccc2)n1. The number of nitrogens with zero attached hydrogens (tertiary/aromatic N) is 4. The Morgan fingerprint density at radius 3 is 2.81 bits per heavy atom. The van der Waals surface area contributed by atoms with Gasteiger partial charge in [0.2, 0.25) is 0 Å². The molecule has 0 radical (unpaired) electrons. The molecule has 0 spiro atoms. The molecule has 3 aromatic rings. The minimum Gasteiger partial charge on any atom is -0.355 e. The maximum atomic E-state index is 4.71. The maximum absolute atomic E-state index is 4.71. The van der Waals surface area contributed by atoms with Crippen LogP contribution in [0.3, 0.4) is 0 Å². The number of nitrogens with one attached hydrogen (secondary N) is 2. The van der Waals surface area contributed by atoms with Gasteiger partial charge in [0, 0.05) is 37.7 Å². The summed E-state index contributed by atoms with van der Waals surface area (Å²) in [6.45, 7) is 4.82. The third-order valence-corrected chi connectivity index (χ3v) is 5.14. The number of hydrogen-bond donors (Lipinski definition) is 2. The number of H-pyrrole nitrogens is 1. The van der Waals surface area contributed by atoms with Crippen molar-refractivity contribution < 1.29 is 0 Å². The first-order valence-corrected chi connectivity index (χ1v) is 9.56. The van der Waals surface area contributed by atoms with Crippen LogP contribution in [-0.4, -0.2) is 40.3 Å². The highest BCUT2D eigenvalue weighted by Crippen LogP contribution is 2.26. The van der Waals surface area contributed by atoms with E-state index in [1.54, 1.807) is 0 Å². The summed E-state index contributed by atoms with van der Waals surface area (Å²) in [5, 5.41) is 10.9. The molecule has 2 aromatic heterocycles. The van der Waals surface area contributed by atoms with Crippen LogP contribution in [0.5, 0.6) is 0 Å². The summed E-state index contributed by atoms with van der Waals surface area (Å²) in [7, 11) is 2.08. The van der Waals surface area contributed by atoms with Crippen LogP contribution in [0, 0.1) is 6.92 Å². The summed E-state index contributed by atoms with van der Waals surface area (Å²) >= 11 is 0. The van der Waals surface area contributed by atoms with E-state index in [1.165, 1.54) is 12.8 Å². The number of piperidine rings is 1. The predicted molar refractivity (Wildman–Crippen MR) is 108 cm³/mol. The Kier molecular flexibility index (Phi) is 5.16. The van der Waals surface area contributed by atoms with Crippen molar-refractivity contribution >= 4 is 5.82 Å². The Labute approximate surface area is 160 Å². The molecule has 1 fully saturated rings. The van der Waals surface area contributed by atoms with Crippen LogP contribution in [-0.2, 0) is 6.54 Å². The van der Waals surface area contributed by atoms with Gasteiger partial charge < -0.3 is 10.2 Å². The van der Waals surface area contributed by atoms with E-state index < -0.39 is 0 Å². The molecule has 27 heavy (non-hydrogen) atoms. The molecule has 1 aromatic carbocycles. The fourth-order valence-corrected chi connectivity index (χ4v) is 3.71. The van der Waals surface area contributed by atoms with Gasteiger partial charge in [-0.3, -0.25) is 5.10 Å². The molecule has 1 aliphatic rings. The number of rotatable bonds is 5. The van der Waals surface area contributed by atoms with Gasteiger partial charge in [-0.1, -0.05) is 30.3 Å². The van der Waals surface area contributed by atoms with Crippen LogP contribution < -0.4 is 10.2 Å². The van der Waals surface area contributed by atoms with Crippen LogP contribution in [0.4, 0.5) is 5.82 Å². The van der Waals surface area contributed by atoms with Crippen LogP contribution in [0.2, 0.25) is 0 Å². The largest absolute Gasteiger partial charge is 0.355 e. The average molecular weight is 362 g/mol.